The second-order valence-electron chi connectivity index (χ2n) is 4.69. The van der Waals surface area contributed by atoms with E-state index in [4.69, 9.17) is 0 Å². The quantitative estimate of drug-likeness (QED) is 0.773. The zero-order chi connectivity index (χ0) is 9.60. The third-order valence-electron chi connectivity index (χ3n) is 4.01. The summed E-state index contributed by atoms with van der Waals surface area (Å²) < 4.78 is 2.96. The summed E-state index contributed by atoms with van der Waals surface area (Å²) >= 11 is 3.37. The molecule has 4 rings (SSSR count). The van der Waals surface area contributed by atoms with E-state index in [0.29, 0.717) is 5.54 Å². The van der Waals surface area contributed by atoms with Gasteiger partial charge in [-0.25, -0.2) is 4.68 Å². The van der Waals surface area contributed by atoms with Crippen LogP contribution < -0.4 is 0 Å². The molecule has 3 fully saturated rings. The van der Waals surface area contributed by atoms with Crippen LogP contribution in [0.25, 0.3) is 0 Å². The number of nitrogens with zero attached hydrogens (tertiary/aromatic N) is 3. The maximum atomic E-state index is 4.23. The van der Waals surface area contributed by atoms with Crippen molar-refractivity contribution in [3.8, 4) is 0 Å². The van der Waals surface area contributed by atoms with Crippen molar-refractivity contribution < 1.29 is 0 Å². The minimum absolute atomic E-state index is 0.313. The van der Waals surface area contributed by atoms with E-state index in [1.165, 1.54) is 38.5 Å². The van der Waals surface area contributed by atoms with Crippen molar-refractivity contribution >= 4 is 15.9 Å². The molecule has 0 atom stereocenters. The predicted octanol–water partition coefficient (Wildman–Crippen LogP) is 2.72. The Morgan fingerprint density at radius 1 is 1.29 bits per heavy atom. The van der Waals surface area contributed by atoms with Gasteiger partial charge in [0.1, 0.15) is 4.60 Å². The molecule has 0 amide bonds. The molecule has 1 heterocycles. The third-order valence-corrected chi connectivity index (χ3v) is 4.37. The fourth-order valence-corrected chi connectivity index (χ4v) is 3.31. The highest BCUT2D eigenvalue weighted by atomic mass is 79.9. The molecule has 3 nitrogen and oxygen atoms in total. The molecule has 4 heteroatoms. The molecule has 0 aromatic carbocycles. The number of fused-ring (bicyclic) bond motifs is 3. The minimum Gasteiger partial charge on any atom is -0.245 e. The number of rotatable bonds is 1. The first-order valence-corrected chi connectivity index (χ1v) is 6.16. The summed E-state index contributed by atoms with van der Waals surface area (Å²) in [5.41, 5.74) is 0.313. The van der Waals surface area contributed by atoms with E-state index in [-0.39, 0.29) is 0 Å². The van der Waals surface area contributed by atoms with Crippen molar-refractivity contribution in [2.45, 2.75) is 44.1 Å². The lowest BCUT2D eigenvalue weighted by atomic mass is 9.66. The molecule has 0 aliphatic heterocycles. The average molecular weight is 256 g/mol. The normalized spacial score (nSPS) is 36.2. The van der Waals surface area contributed by atoms with Crippen LogP contribution in [0.3, 0.4) is 0 Å². The highest BCUT2D eigenvalue weighted by Gasteiger charge is 2.42. The zero-order valence-electron chi connectivity index (χ0n) is 8.12. The first kappa shape index (κ1) is 8.89. The van der Waals surface area contributed by atoms with E-state index in [0.717, 1.165) is 10.5 Å². The summed E-state index contributed by atoms with van der Waals surface area (Å²) in [4.78, 5) is 0. The van der Waals surface area contributed by atoms with Gasteiger partial charge in [0.05, 0.1) is 11.7 Å². The van der Waals surface area contributed by atoms with Crippen LogP contribution in [0.15, 0.2) is 10.8 Å². The Kier molecular flexibility index (Phi) is 1.94. The standard InChI is InChI=1S/C10H14BrN3/c11-9-7-14(13-12-9)10-4-1-8(2-5-10)3-6-10/h7-8H,1-6H2. The maximum absolute atomic E-state index is 4.23. The maximum Gasteiger partial charge on any atom is 0.148 e. The van der Waals surface area contributed by atoms with Gasteiger partial charge < -0.3 is 0 Å². The lowest BCUT2D eigenvalue weighted by Gasteiger charge is -2.46. The van der Waals surface area contributed by atoms with Crippen LogP contribution in [0.4, 0.5) is 0 Å². The Hall–Kier alpha value is -0.380. The van der Waals surface area contributed by atoms with E-state index in [1.807, 2.05) is 6.20 Å². The predicted molar refractivity (Wildman–Crippen MR) is 56.9 cm³/mol. The van der Waals surface area contributed by atoms with Crippen LogP contribution in [-0.2, 0) is 5.54 Å². The van der Waals surface area contributed by atoms with Crippen LogP contribution in [0.2, 0.25) is 0 Å². The number of aromatic nitrogens is 3. The van der Waals surface area contributed by atoms with E-state index in [1.54, 1.807) is 0 Å². The van der Waals surface area contributed by atoms with Crippen molar-refractivity contribution in [3.63, 3.8) is 0 Å². The molecule has 3 saturated carbocycles. The molecule has 2 bridgehead atoms. The van der Waals surface area contributed by atoms with Gasteiger partial charge in [-0.15, -0.1) is 5.10 Å². The van der Waals surface area contributed by atoms with Crippen molar-refractivity contribution in [1.29, 1.82) is 0 Å². The molecule has 0 radical (unpaired) electrons. The second-order valence-corrected chi connectivity index (χ2v) is 5.50. The van der Waals surface area contributed by atoms with Crippen molar-refractivity contribution in [1.82, 2.24) is 15.0 Å². The van der Waals surface area contributed by atoms with Crippen LogP contribution in [-0.4, -0.2) is 15.0 Å². The molecule has 0 N–H and O–H groups in total. The van der Waals surface area contributed by atoms with Gasteiger partial charge in [0.25, 0.3) is 0 Å². The summed E-state index contributed by atoms with van der Waals surface area (Å²) in [6.07, 6.45) is 10.1. The Morgan fingerprint density at radius 2 is 1.93 bits per heavy atom. The Balaban J connectivity index is 1.95. The molecule has 14 heavy (non-hydrogen) atoms. The smallest absolute Gasteiger partial charge is 0.148 e. The zero-order valence-corrected chi connectivity index (χ0v) is 9.70. The van der Waals surface area contributed by atoms with Gasteiger partial charge in [-0.2, -0.15) is 0 Å². The van der Waals surface area contributed by atoms with E-state index < -0.39 is 0 Å². The SMILES string of the molecule is Brc1cn(C23CCC(CC2)CC3)nn1. The molecule has 0 spiro atoms. The van der Waals surface area contributed by atoms with Gasteiger partial charge in [-0.05, 0) is 60.4 Å². The number of hydrogen-bond donors (Lipinski definition) is 0. The largest absolute Gasteiger partial charge is 0.245 e. The molecule has 76 valence electrons. The summed E-state index contributed by atoms with van der Waals surface area (Å²) in [6, 6.07) is 0. The summed E-state index contributed by atoms with van der Waals surface area (Å²) in [5, 5.41) is 8.26. The van der Waals surface area contributed by atoms with Crippen molar-refractivity contribution in [3.05, 3.63) is 10.8 Å². The Bertz CT molecular complexity index is 325. The number of hydrogen-bond acceptors (Lipinski definition) is 2. The van der Waals surface area contributed by atoms with E-state index in [2.05, 4.69) is 30.9 Å². The van der Waals surface area contributed by atoms with Crippen LogP contribution in [0, 0.1) is 5.92 Å². The average Bonchev–Trinajstić information content (AvgIpc) is 2.68. The first-order chi connectivity index (χ1) is 6.78. The van der Waals surface area contributed by atoms with Gasteiger partial charge in [-0.3, -0.25) is 0 Å². The van der Waals surface area contributed by atoms with Gasteiger partial charge in [0, 0.05) is 0 Å². The van der Waals surface area contributed by atoms with Crippen LogP contribution in [0.5, 0.6) is 0 Å². The van der Waals surface area contributed by atoms with E-state index >= 15 is 0 Å². The summed E-state index contributed by atoms with van der Waals surface area (Å²) in [6.45, 7) is 0. The first-order valence-electron chi connectivity index (χ1n) is 5.37. The molecule has 1 aromatic rings. The topological polar surface area (TPSA) is 30.7 Å². The lowest BCUT2D eigenvalue weighted by Crippen LogP contribution is -2.43. The van der Waals surface area contributed by atoms with E-state index in [9.17, 15) is 0 Å². The molecule has 0 saturated heterocycles. The minimum atomic E-state index is 0.313. The molecular formula is C10H14BrN3. The highest BCUT2D eigenvalue weighted by molar-refractivity contribution is 9.10. The van der Waals surface area contributed by atoms with Crippen molar-refractivity contribution in [2.75, 3.05) is 0 Å². The molecular weight excluding hydrogens is 242 g/mol. The number of halogens is 1. The van der Waals surface area contributed by atoms with Crippen LogP contribution >= 0.6 is 15.9 Å². The monoisotopic (exact) mass is 255 g/mol. The molecule has 3 aliphatic rings. The Labute approximate surface area is 92.0 Å². The summed E-state index contributed by atoms with van der Waals surface area (Å²) in [5.74, 6) is 1.00. The van der Waals surface area contributed by atoms with Gasteiger partial charge in [0.2, 0.25) is 0 Å². The fourth-order valence-electron chi connectivity index (χ4n) is 3.05. The van der Waals surface area contributed by atoms with Gasteiger partial charge in [-0.1, -0.05) is 5.21 Å². The highest BCUT2D eigenvalue weighted by Crippen LogP contribution is 2.48. The van der Waals surface area contributed by atoms with Gasteiger partial charge in [0.15, 0.2) is 0 Å². The van der Waals surface area contributed by atoms with Crippen molar-refractivity contribution in [2.24, 2.45) is 5.92 Å². The molecule has 1 aromatic heterocycles. The molecule has 3 aliphatic carbocycles. The fraction of sp³-hybridized carbons (Fsp3) is 0.800. The lowest BCUT2D eigenvalue weighted by molar-refractivity contribution is 0.0613. The molecule has 0 unspecified atom stereocenters. The second kappa shape index (κ2) is 3.05. The summed E-state index contributed by atoms with van der Waals surface area (Å²) in [7, 11) is 0. The third kappa shape index (κ3) is 1.23. The van der Waals surface area contributed by atoms with Crippen LogP contribution in [0.1, 0.15) is 38.5 Å². The Morgan fingerprint density at radius 3 is 2.43 bits per heavy atom. The van der Waals surface area contributed by atoms with Gasteiger partial charge >= 0.3 is 0 Å².